The molecule has 29 heteroatoms. The first-order valence-electron chi connectivity index (χ1n) is 12.7. The van der Waals surface area contributed by atoms with Crippen molar-refractivity contribution in [3.63, 3.8) is 0 Å². The van der Waals surface area contributed by atoms with Crippen LogP contribution in [0.3, 0.4) is 0 Å². The molecule has 0 amide bonds. The van der Waals surface area contributed by atoms with Crippen molar-refractivity contribution in [2.45, 2.75) is 92.0 Å². The number of aliphatic carboxylic acids is 1. The molecule has 0 aromatic carbocycles. The van der Waals surface area contributed by atoms with E-state index in [1.54, 1.807) is 0 Å². The fourth-order valence-corrected chi connectivity index (χ4v) is 6.04. The maximum Gasteiger partial charge on any atom is 0.397 e. The highest BCUT2D eigenvalue weighted by atomic mass is 32.3. The van der Waals surface area contributed by atoms with E-state index in [1.165, 1.54) is 0 Å². The van der Waals surface area contributed by atoms with Crippen LogP contribution in [0.25, 0.3) is 0 Å². The molecular formula is C18H32N2O24S3. The highest BCUT2D eigenvalue weighted by Crippen LogP contribution is 2.34. The van der Waals surface area contributed by atoms with Crippen molar-refractivity contribution >= 4 is 37.2 Å². The van der Waals surface area contributed by atoms with Gasteiger partial charge in [-0.1, -0.05) is 0 Å². The van der Waals surface area contributed by atoms with Crippen LogP contribution < -0.4 is 11.5 Å². The predicted octanol–water partition coefficient (Wildman–Crippen LogP) is -8.07. The minimum Gasteiger partial charge on any atom is -0.479 e. The minimum absolute atomic E-state index is 0.989. The van der Waals surface area contributed by atoms with E-state index in [4.69, 9.17) is 44.3 Å². The van der Waals surface area contributed by atoms with Crippen LogP contribution in [0.5, 0.6) is 0 Å². The maximum atomic E-state index is 12.2. The van der Waals surface area contributed by atoms with E-state index >= 15 is 0 Å². The molecule has 3 rings (SSSR count). The number of ether oxygens (including phenoxy) is 5. The zero-order valence-corrected chi connectivity index (χ0v) is 25.6. The third-order valence-corrected chi connectivity index (χ3v) is 8.20. The van der Waals surface area contributed by atoms with Crippen molar-refractivity contribution < 1.29 is 111 Å². The van der Waals surface area contributed by atoms with Crippen LogP contribution in [0.2, 0.25) is 0 Å². The average molecular weight is 757 g/mol. The number of nitrogens with two attached hydrogens (primary N) is 2. The Kier molecular flexibility index (Phi) is 13.0. The number of hydrogen-bond donors (Lipinski definition) is 11. The van der Waals surface area contributed by atoms with Gasteiger partial charge in [-0.05, 0) is 0 Å². The average Bonchev–Trinajstić information content (AvgIpc) is 2.93. The van der Waals surface area contributed by atoms with Crippen molar-refractivity contribution in [2.75, 3.05) is 13.2 Å². The van der Waals surface area contributed by atoms with Gasteiger partial charge in [-0.3, -0.25) is 13.7 Å². The van der Waals surface area contributed by atoms with E-state index in [2.05, 4.69) is 12.5 Å². The van der Waals surface area contributed by atoms with Crippen LogP contribution in [0, 0.1) is 0 Å². The first-order chi connectivity index (χ1) is 21.4. The first kappa shape index (κ1) is 40.0. The summed E-state index contributed by atoms with van der Waals surface area (Å²) < 4.78 is 134. The number of hydrogen-bond acceptors (Lipinski definition) is 22. The van der Waals surface area contributed by atoms with E-state index in [-0.39, 0.29) is 0 Å². The lowest BCUT2D eigenvalue weighted by atomic mass is 9.95. The quantitative estimate of drug-likeness (QED) is 0.0777. The van der Waals surface area contributed by atoms with E-state index in [9.17, 15) is 65.2 Å². The maximum absolute atomic E-state index is 12.2. The Morgan fingerprint density at radius 3 is 1.72 bits per heavy atom. The molecule has 0 saturated carbocycles. The molecule has 0 spiro atoms. The lowest BCUT2D eigenvalue weighted by Crippen LogP contribution is -2.69. The van der Waals surface area contributed by atoms with Crippen molar-refractivity contribution in [1.82, 2.24) is 0 Å². The van der Waals surface area contributed by atoms with Gasteiger partial charge in [0.1, 0.15) is 48.8 Å². The van der Waals surface area contributed by atoms with Crippen molar-refractivity contribution in [3.8, 4) is 0 Å². The molecule has 0 aromatic rings. The topological polar surface area (TPSA) is 427 Å². The molecular weight excluding hydrogens is 724 g/mol. The highest BCUT2D eigenvalue weighted by Gasteiger charge is 2.57. The summed E-state index contributed by atoms with van der Waals surface area (Å²) in [5, 5.41) is 61.3. The summed E-state index contributed by atoms with van der Waals surface area (Å²) in [7, 11) is -16.3. The molecule has 3 aliphatic rings. The molecule has 3 fully saturated rings. The van der Waals surface area contributed by atoms with Crippen molar-refractivity contribution in [1.29, 1.82) is 0 Å². The van der Waals surface area contributed by atoms with Gasteiger partial charge in [-0.2, -0.15) is 25.3 Å². The second kappa shape index (κ2) is 15.2. The number of rotatable bonds is 13. The Hall–Kier alpha value is -1.40. The molecule has 3 saturated heterocycles. The Labute approximate surface area is 264 Å². The van der Waals surface area contributed by atoms with Crippen molar-refractivity contribution in [2.24, 2.45) is 11.5 Å². The number of aliphatic hydroxyl groups excluding tert-OH is 5. The van der Waals surface area contributed by atoms with Crippen LogP contribution in [0.4, 0.5) is 0 Å². The third-order valence-electron chi connectivity index (χ3n) is 6.83. The van der Waals surface area contributed by atoms with Gasteiger partial charge < -0.3 is 65.8 Å². The van der Waals surface area contributed by atoms with Gasteiger partial charge in [0.2, 0.25) is 0 Å². The summed E-state index contributed by atoms with van der Waals surface area (Å²) in [6.45, 7) is -2.31. The second-order valence-corrected chi connectivity index (χ2v) is 13.3. The lowest BCUT2D eigenvalue weighted by molar-refractivity contribution is -0.356. The summed E-state index contributed by atoms with van der Waals surface area (Å²) in [5.41, 5.74) is 11.4. The lowest BCUT2D eigenvalue weighted by Gasteiger charge is -2.48. The molecule has 0 aliphatic carbocycles. The third kappa shape index (κ3) is 10.3. The number of carboxylic acid groups (broad SMARTS) is 1. The molecule has 47 heavy (non-hydrogen) atoms. The molecule has 15 atom stereocenters. The summed E-state index contributed by atoms with van der Waals surface area (Å²) in [6.07, 6.45) is -28.7. The van der Waals surface area contributed by atoms with Crippen LogP contribution in [0.1, 0.15) is 0 Å². The normalized spacial score (nSPS) is 42.2. The van der Waals surface area contributed by atoms with Crippen LogP contribution in [-0.2, 0) is 72.2 Å². The Morgan fingerprint density at radius 2 is 1.21 bits per heavy atom. The van der Waals surface area contributed by atoms with E-state index in [0.29, 0.717) is 0 Å². The predicted molar refractivity (Wildman–Crippen MR) is 137 cm³/mol. The van der Waals surface area contributed by atoms with Gasteiger partial charge >= 0.3 is 37.2 Å². The summed E-state index contributed by atoms with van der Waals surface area (Å²) in [5.74, 6) is -2.01. The molecule has 0 radical (unpaired) electrons. The fourth-order valence-electron chi connectivity index (χ4n) is 4.72. The molecule has 3 aliphatic heterocycles. The zero-order valence-electron chi connectivity index (χ0n) is 23.1. The molecule has 3 heterocycles. The van der Waals surface area contributed by atoms with E-state index < -0.39 is 142 Å². The molecule has 0 bridgehead atoms. The molecule has 26 nitrogen and oxygen atoms in total. The largest absolute Gasteiger partial charge is 0.479 e. The standard InChI is InChI=1S/C18H32N2O24S3/c19-5-8(23)10(3(1-21)38-16(5)27)40-18-13(44-47(34,35)36)9(24)12(14(42-18)15(25)26)41-17-6(20)11(43-46(31,32)33)7(22)4(39-17)2-37-45(28,29)30/h3-14,16-18,21-24,27H,1-2,19-20H2,(H,25,26)(H,28,29,30)(H,31,32,33)(H,34,35,36)/t3-,4-,5-,6-,7-,8-,9+,10-,11-,12+,13-,14-,16+,17-,18-/m1/s1. The summed E-state index contributed by atoms with van der Waals surface area (Å²) >= 11 is 0. The number of carboxylic acids is 1. The van der Waals surface area contributed by atoms with Crippen LogP contribution in [0.15, 0.2) is 0 Å². The smallest absolute Gasteiger partial charge is 0.397 e. The Bertz CT molecular complexity index is 1410. The molecule has 13 N–H and O–H groups in total. The van der Waals surface area contributed by atoms with Crippen LogP contribution in [-0.4, -0.2) is 181 Å². The van der Waals surface area contributed by atoms with Gasteiger partial charge in [0.15, 0.2) is 31.1 Å². The number of carbonyl (C=O) groups is 1. The number of aliphatic hydroxyl groups is 5. The summed E-state index contributed by atoms with van der Waals surface area (Å²) in [4.78, 5) is 12.2. The van der Waals surface area contributed by atoms with Gasteiger partial charge in [-0.25, -0.2) is 17.3 Å². The molecule has 0 unspecified atom stereocenters. The van der Waals surface area contributed by atoms with E-state index in [1.807, 2.05) is 0 Å². The summed E-state index contributed by atoms with van der Waals surface area (Å²) in [6, 6.07) is -3.71. The van der Waals surface area contributed by atoms with Gasteiger partial charge in [0.05, 0.1) is 25.3 Å². The van der Waals surface area contributed by atoms with Gasteiger partial charge in [-0.15, -0.1) is 0 Å². The first-order valence-corrected chi connectivity index (χ1v) is 16.8. The Balaban J connectivity index is 1.98. The van der Waals surface area contributed by atoms with E-state index in [0.717, 1.165) is 0 Å². The Morgan fingerprint density at radius 1 is 0.660 bits per heavy atom. The van der Waals surface area contributed by atoms with Crippen molar-refractivity contribution in [3.05, 3.63) is 0 Å². The fraction of sp³-hybridized carbons (Fsp3) is 0.944. The van der Waals surface area contributed by atoms with Gasteiger partial charge in [0, 0.05) is 0 Å². The zero-order chi connectivity index (χ0) is 35.8. The van der Waals surface area contributed by atoms with Crippen LogP contribution >= 0.6 is 0 Å². The SMILES string of the molecule is N[C@@H]1[C@@H](O)[C@H](O[C@@H]2O[C@@H](C(=O)O)[C@@H](O[C@H]3O[C@H](COS(=O)(=O)O)[C@@H](O)[C@H](OS(=O)(=O)O)[C@H]3N)[C@H](O)[C@H]2OS(=O)(=O)O)[C@@H](CO)O[C@@H]1O. The molecule has 276 valence electrons. The monoisotopic (exact) mass is 756 g/mol. The highest BCUT2D eigenvalue weighted by molar-refractivity contribution is 7.81. The molecule has 0 aromatic heterocycles. The minimum atomic E-state index is -5.59. The second-order valence-electron chi connectivity index (χ2n) is 10.1. The van der Waals surface area contributed by atoms with Gasteiger partial charge in [0.25, 0.3) is 0 Å².